The van der Waals surface area contributed by atoms with E-state index in [1.54, 1.807) is 0 Å². The molecular weight excluding hydrogens is 248 g/mol. The van der Waals surface area contributed by atoms with Gasteiger partial charge in [0.05, 0.1) is 11.7 Å². The minimum atomic E-state index is -0.193. The second-order valence-corrected chi connectivity index (χ2v) is 7.48. The van der Waals surface area contributed by atoms with Gasteiger partial charge in [-0.15, -0.1) is 0 Å². The van der Waals surface area contributed by atoms with Crippen molar-refractivity contribution in [1.82, 2.24) is 10.2 Å². The molecule has 3 aliphatic rings. The predicted octanol–water partition coefficient (Wildman–Crippen LogP) is 3.44. The fraction of sp³-hybridized carbons (Fsp3) is 0.941. The summed E-state index contributed by atoms with van der Waals surface area (Å²) >= 11 is 0. The maximum atomic E-state index is 13.1. The molecule has 0 aromatic heterocycles. The lowest BCUT2D eigenvalue weighted by molar-refractivity contribution is -0.136. The highest BCUT2D eigenvalue weighted by Crippen LogP contribution is 2.40. The molecule has 1 heterocycles. The van der Waals surface area contributed by atoms with Crippen LogP contribution in [-0.2, 0) is 4.79 Å². The van der Waals surface area contributed by atoms with Crippen LogP contribution in [0.15, 0.2) is 0 Å². The fourth-order valence-electron chi connectivity index (χ4n) is 4.54. The third-order valence-electron chi connectivity index (χ3n) is 5.67. The van der Waals surface area contributed by atoms with Crippen LogP contribution in [0.2, 0.25) is 0 Å². The summed E-state index contributed by atoms with van der Waals surface area (Å²) in [6, 6.07) is 0.491. The molecule has 3 heteroatoms. The van der Waals surface area contributed by atoms with Crippen LogP contribution in [0.4, 0.5) is 0 Å². The Morgan fingerprint density at radius 1 is 1.05 bits per heavy atom. The summed E-state index contributed by atoms with van der Waals surface area (Å²) in [4.78, 5) is 15.4. The van der Waals surface area contributed by atoms with Crippen molar-refractivity contribution in [3.63, 3.8) is 0 Å². The van der Waals surface area contributed by atoms with Crippen LogP contribution in [0.5, 0.6) is 0 Å². The molecule has 1 N–H and O–H groups in total. The largest absolute Gasteiger partial charge is 0.322 e. The number of carbonyl (C=O) groups excluding carboxylic acids is 1. The maximum absolute atomic E-state index is 13.1. The molecule has 114 valence electrons. The van der Waals surface area contributed by atoms with E-state index >= 15 is 0 Å². The zero-order chi connectivity index (χ0) is 14.2. The smallest absolute Gasteiger partial charge is 0.244 e. The summed E-state index contributed by atoms with van der Waals surface area (Å²) < 4.78 is 0. The summed E-state index contributed by atoms with van der Waals surface area (Å²) in [5, 5.41) is 3.76. The van der Waals surface area contributed by atoms with Crippen LogP contribution in [0.25, 0.3) is 0 Å². The van der Waals surface area contributed by atoms with Gasteiger partial charge in [-0.2, -0.15) is 0 Å². The molecule has 2 saturated carbocycles. The Hall–Kier alpha value is -0.570. The highest BCUT2D eigenvalue weighted by atomic mass is 16.2. The van der Waals surface area contributed by atoms with E-state index in [1.165, 1.54) is 51.4 Å². The summed E-state index contributed by atoms with van der Waals surface area (Å²) in [5.41, 5.74) is -0.193. The van der Waals surface area contributed by atoms with E-state index in [0.717, 1.165) is 12.8 Å². The minimum absolute atomic E-state index is 0.193. The SMILES string of the molecule is CC(C)C1NC2(CCCC2)C(=O)N1C1CCCCCC1. The van der Waals surface area contributed by atoms with Crippen molar-refractivity contribution < 1.29 is 4.79 Å². The van der Waals surface area contributed by atoms with Gasteiger partial charge in [-0.3, -0.25) is 10.1 Å². The highest BCUT2D eigenvalue weighted by molar-refractivity contribution is 5.89. The Morgan fingerprint density at radius 3 is 2.20 bits per heavy atom. The minimum Gasteiger partial charge on any atom is -0.322 e. The van der Waals surface area contributed by atoms with Crippen molar-refractivity contribution in [3.05, 3.63) is 0 Å². The standard InChI is InChI=1S/C17H30N2O/c1-13(2)15-18-17(11-7-8-12-17)16(20)19(15)14-9-5-3-4-6-10-14/h13-15,18H,3-12H2,1-2H3. The van der Waals surface area contributed by atoms with Crippen molar-refractivity contribution in [1.29, 1.82) is 0 Å². The monoisotopic (exact) mass is 278 g/mol. The average molecular weight is 278 g/mol. The number of hydrogen-bond acceptors (Lipinski definition) is 2. The zero-order valence-corrected chi connectivity index (χ0v) is 13.2. The molecular formula is C17H30N2O. The van der Waals surface area contributed by atoms with E-state index in [0.29, 0.717) is 17.9 Å². The van der Waals surface area contributed by atoms with Gasteiger partial charge in [0.15, 0.2) is 0 Å². The number of hydrogen-bond donors (Lipinski definition) is 1. The van der Waals surface area contributed by atoms with Crippen LogP contribution >= 0.6 is 0 Å². The second-order valence-electron chi connectivity index (χ2n) is 7.48. The van der Waals surface area contributed by atoms with Gasteiger partial charge in [-0.25, -0.2) is 0 Å². The highest BCUT2D eigenvalue weighted by Gasteiger charge is 2.54. The second kappa shape index (κ2) is 5.67. The van der Waals surface area contributed by atoms with E-state index in [9.17, 15) is 4.79 Å². The molecule has 1 aliphatic heterocycles. The lowest BCUT2D eigenvalue weighted by atomic mass is 9.97. The molecule has 3 fully saturated rings. The van der Waals surface area contributed by atoms with Crippen LogP contribution < -0.4 is 5.32 Å². The molecule has 20 heavy (non-hydrogen) atoms. The first-order valence-corrected chi connectivity index (χ1v) is 8.74. The maximum Gasteiger partial charge on any atom is 0.244 e. The van der Waals surface area contributed by atoms with E-state index < -0.39 is 0 Å². The number of amides is 1. The van der Waals surface area contributed by atoms with Crippen molar-refractivity contribution in [2.24, 2.45) is 5.92 Å². The van der Waals surface area contributed by atoms with Gasteiger partial charge in [0.25, 0.3) is 0 Å². The third kappa shape index (κ3) is 2.38. The Balaban J connectivity index is 1.83. The molecule has 0 aromatic rings. The van der Waals surface area contributed by atoms with Crippen molar-refractivity contribution >= 4 is 5.91 Å². The molecule has 1 saturated heterocycles. The molecule has 2 aliphatic carbocycles. The molecule has 1 amide bonds. The quantitative estimate of drug-likeness (QED) is 0.785. The van der Waals surface area contributed by atoms with Crippen molar-refractivity contribution in [2.45, 2.75) is 95.8 Å². The van der Waals surface area contributed by atoms with Gasteiger partial charge in [0, 0.05) is 6.04 Å². The molecule has 0 aromatic carbocycles. The summed E-state index contributed by atoms with van der Waals surface area (Å²) in [5.74, 6) is 0.933. The molecule has 1 atom stereocenters. The Kier molecular flexibility index (Phi) is 4.07. The van der Waals surface area contributed by atoms with Gasteiger partial charge >= 0.3 is 0 Å². The molecule has 0 bridgehead atoms. The normalized spacial score (nSPS) is 31.4. The first-order chi connectivity index (χ1) is 9.64. The summed E-state index contributed by atoms with van der Waals surface area (Å²) in [6.07, 6.45) is 12.5. The van der Waals surface area contributed by atoms with Crippen LogP contribution in [0.1, 0.15) is 78.1 Å². The zero-order valence-electron chi connectivity index (χ0n) is 13.2. The molecule has 3 rings (SSSR count). The number of nitrogens with one attached hydrogen (secondary N) is 1. The number of nitrogens with zero attached hydrogens (tertiary/aromatic N) is 1. The lowest BCUT2D eigenvalue weighted by Crippen LogP contribution is -2.47. The molecule has 0 radical (unpaired) electrons. The van der Waals surface area contributed by atoms with E-state index in [-0.39, 0.29) is 11.7 Å². The van der Waals surface area contributed by atoms with Crippen LogP contribution in [0, 0.1) is 5.92 Å². The third-order valence-corrected chi connectivity index (χ3v) is 5.67. The number of carbonyl (C=O) groups is 1. The Morgan fingerprint density at radius 2 is 1.65 bits per heavy atom. The van der Waals surface area contributed by atoms with Crippen molar-refractivity contribution in [3.8, 4) is 0 Å². The average Bonchev–Trinajstić information content (AvgIpc) is 2.89. The number of rotatable bonds is 2. The summed E-state index contributed by atoms with van der Waals surface area (Å²) in [6.45, 7) is 4.51. The first-order valence-electron chi connectivity index (χ1n) is 8.74. The van der Waals surface area contributed by atoms with Gasteiger partial charge in [0.1, 0.15) is 0 Å². The van der Waals surface area contributed by atoms with Crippen LogP contribution in [-0.4, -0.2) is 28.6 Å². The van der Waals surface area contributed by atoms with Crippen LogP contribution in [0.3, 0.4) is 0 Å². The van der Waals surface area contributed by atoms with Crippen molar-refractivity contribution in [2.75, 3.05) is 0 Å². The van der Waals surface area contributed by atoms with E-state index in [1.807, 2.05) is 0 Å². The van der Waals surface area contributed by atoms with E-state index in [2.05, 4.69) is 24.1 Å². The van der Waals surface area contributed by atoms with E-state index in [4.69, 9.17) is 0 Å². The van der Waals surface area contributed by atoms with Gasteiger partial charge in [-0.05, 0) is 31.6 Å². The predicted molar refractivity (Wildman–Crippen MR) is 81.3 cm³/mol. The molecule has 1 unspecified atom stereocenters. The Labute approximate surface area is 123 Å². The summed E-state index contributed by atoms with van der Waals surface area (Å²) in [7, 11) is 0. The molecule has 1 spiro atoms. The first kappa shape index (κ1) is 14.4. The van der Waals surface area contributed by atoms with Gasteiger partial charge in [-0.1, -0.05) is 52.4 Å². The Bertz CT molecular complexity index is 352. The fourth-order valence-corrected chi connectivity index (χ4v) is 4.54. The van der Waals surface area contributed by atoms with Gasteiger partial charge in [0.2, 0.25) is 5.91 Å². The lowest BCUT2D eigenvalue weighted by Gasteiger charge is -2.34. The molecule has 3 nitrogen and oxygen atoms in total. The van der Waals surface area contributed by atoms with Gasteiger partial charge < -0.3 is 4.90 Å². The topological polar surface area (TPSA) is 32.3 Å².